The molecular weight excluding hydrogens is 254 g/mol. The van der Waals surface area contributed by atoms with Gasteiger partial charge in [-0.15, -0.1) is 0 Å². The molecule has 0 radical (unpaired) electrons. The molecule has 0 spiro atoms. The quantitative estimate of drug-likeness (QED) is 0.813. The van der Waals surface area contributed by atoms with Gasteiger partial charge in [0.05, 0.1) is 12.6 Å². The fraction of sp³-hybridized carbons (Fsp3) is 0.533. The SMILES string of the molecule is C[C@H]1COC2(N3CCNCC3)c3ccccc3C(=O)N12. The van der Waals surface area contributed by atoms with E-state index >= 15 is 0 Å². The number of piperazine rings is 1. The summed E-state index contributed by atoms with van der Waals surface area (Å²) in [5, 5.41) is 3.36. The molecule has 2 saturated heterocycles. The van der Waals surface area contributed by atoms with Gasteiger partial charge in [-0.25, -0.2) is 0 Å². The van der Waals surface area contributed by atoms with Crippen molar-refractivity contribution >= 4 is 5.91 Å². The highest BCUT2D eigenvalue weighted by Gasteiger charge is 2.59. The normalized spacial score (nSPS) is 33.4. The number of hydrogen-bond donors (Lipinski definition) is 1. The highest BCUT2D eigenvalue weighted by molar-refractivity contribution is 6.00. The van der Waals surface area contributed by atoms with Crippen molar-refractivity contribution in [3.63, 3.8) is 0 Å². The van der Waals surface area contributed by atoms with Gasteiger partial charge in [-0.3, -0.25) is 14.6 Å². The Morgan fingerprint density at radius 3 is 2.85 bits per heavy atom. The predicted molar refractivity (Wildman–Crippen MR) is 74.1 cm³/mol. The largest absolute Gasteiger partial charge is 0.336 e. The van der Waals surface area contributed by atoms with Crippen LogP contribution >= 0.6 is 0 Å². The van der Waals surface area contributed by atoms with Gasteiger partial charge >= 0.3 is 0 Å². The first kappa shape index (κ1) is 12.3. The lowest BCUT2D eigenvalue weighted by molar-refractivity contribution is -0.189. The predicted octanol–water partition coefficient (Wildman–Crippen LogP) is 0.577. The minimum atomic E-state index is -0.671. The van der Waals surface area contributed by atoms with E-state index in [0.717, 1.165) is 37.3 Å². The smallest absolute Gasteiger partial charge is 0.258 e. The summed E-state index contributed by atoms with van der Waals surface area (Å²) in [6.07, 6.45) is 0. The lowest BCUT2D eigenvalue weighted by Gasteiger charge is -2.44. The highest BCUT2D eigenvalue weighted by Crippen LogP contribution is 2.47. The summed E-state index contributed by atoms with van der Waals surface area (Å²) in [5.74, 6) is -0.570. The Morgan fingerprint density at radius 1 is 1.30 bits per heavy atom. The van der Waals surface area contributed by atoms with Gasteiger partial charge in [0, 0.05) is 37.3 Å². The van der Waals surface area contributed by atoms with Crippen LogP contribution in [0.5, 0.6) is 0 Å². The first-order valence-electron chi connectivity index (χ1n) is 7.28. The number of carbonyl (C=O) groups excluding carboxylic acids is 1. The standard InChI is InChI=1S/C15H19N3O2/c1-11-10-20-15(17-8-6-16-7-9-17)13-5-3-2-4-12(13)14(19)18(11)15/h2-5,11,16H,6-10H2,1H3/t11-,15?/m0/s1. The average molecular weight is 273 g/mol. The Morgan fingerprint density at radius 2 is 2.05 bits per heavy atom. The first-order chi connectivity index (χ1) is 9.75. The Kier molecular flexibility index (Phi) is 2.64. The zero-order valence-electron chi connectivity index (χ0n) is 11.6. The zero-order valence-corrected chi connectivity index (χ0v) is 11.6. The third-order valence-electron chi connectivity index (χ3n) is 4.57. The molecule has 3 aliphatic rings. The Hall–Kier alpha value is -1.43. The van der Waals surface area contributed by atoms with Gasteiger partial charge in [-0.1, -0.05) is 18.2 Å². The molecule has 5 nitrogen and oxygen atoms in total. The second-order valence-corrected chi connectivity index (χ2v) is 5.73. The first-order valence-corrected chi connectivity index (χ1v) is 7.28. The van der Waals surface area contributed by atoms with E-state index in [2.05, 4.69) is 17.1 Å². The maximum Gasteiger partial charge on any atom is 0.258 e. The topological polar surface area (TPSA) is 44.8 Å². The van der Waals surface area contributed by atoms with Crippen LogP contribution in [0.4, 0.5) is 0 Å². The van der Waals surface area contributed by atoms with Crippen molar-refractivity contribution in [3.05, 3.63) is 35.4 Å². The van der Waals surface area contributed by atoms with Gasteiger partial charge in [0.15, 0.2) is 0 Å². The van der Waals surface area contributed by atoms with E-state index in [1.807, 2.05) is 29.2 Å². The van der Waals surface area contributed by atoms with Crippen molar-refractivity contribution in [1.29, 1.82) is 0 Å². The van der Waals surface area contributed by atoms with Crippen LogP contribution in [-0.2, 0) is 10.6 Å². The molecular formula is C15H19N3O2. The van der Waals surface area contributed by atoms with Crippen molar-refractivity contribution in [1.82, 2.24) is 15.1 Å². The summed E-state index contributed by atoms with van der Waals surface area (Å²) in [6, 6.07) is 7.98. The van der Waals surface area contributed by atoms with Crippen molar-refractivity contribution in [2.75, 3.05) is 32.8 Å². The molecule has 1 N–H and O–H groups in total. The maximum atomic E-state index is 12.7. The molecule has 2 atom stereocenters. The van der Waals surface area contributed by atoms with E-state index in [-0.39, 0.29) is 11.9 Å². The average Bonchev–Trinajstić information content (AvgIpc) is 2.97. The highest BCUT2D eigenvalue weighted by atomic mass is 16.6. The van der Waals surface area contributed by atoms with E-state index in [9.17, 15) is 4.79 Å². The van der Waals surface area contributed by atoms with E-state index in [1.165, 1.54) is 0 Å². The monoisotopic (exact) mass is 273 g/mol. The zero-order chi connectivity index (χ0) is 13.7. The number of rotatable bonds is 1. The van der Waals surface area contributed by atoms with E-state index < -0.39 is 5.85 Å². The summed E-state index contributed by atoms with van der Waals surface area (Å²) >= 11 is 0. The van der Waals surface area contributed by atoms with Crippen molar-refractivity contribution in [2.45, 2.75) is 18.8 Å². The Balaban J connectivity index is 1.87. The number of amides is 1. The summed E-state index contributed by atoms with van der Waals surface area (Å²) in [5.41, 5.74) is 1.80. The maximum absolute atomic E-state index is 12.7. The minimum Gasteiger partial charge on any atom is -0.336 e. The molecule has 20 heavy (non-hydrogen) atoms. The molecule has 1 amide bonds. The second kappa shape index (κ2) is 4.28. The van der Waals surface area contributed by atoms with E-state index in [4.69, 9.17) is 4.74 Å². The van der Waals surface area contributed by atoms with Gasteiger partial charge in [0.1, 0.15) is 0 Å². The van der Waals surface area contributed by atoms with E-state index in [0.29, 0.717) is 6.61 Å². The van der Waals surface area contributed by atoms with Crippen LogP contribution in [0.3, 0.4) is 0 Å². The fourth-order valence-corrected chi connectivity index (χ4v) is 3.69. The molecule has 1 aromatic rings. The van der Waals surface area contributed by atoms with Crippen LogP contribution < -0.4 is 5.32 Å². The van der Waals surface area contributed by atoms with Crippen LogP contribution in [0.2, 0.25) is 0 Å². The second-order valence-electron chi connectivity index (χ2n) is 5.73. The molecule has 4 rings (SSSR count). The number of hydrogen-bond acceptors (Lipinski definition) is 4. The third kappa shape index (κ3) is 1.40. The molecule has 3 aliphatic heterocycles. The molecule has 3 heterocycles. The number of ether oxygens (including phenoxy) is 1. The Labute approximate surface area is 118 Å². The van der Waals surface area contributed by atoms with Gasteiger partial charge in [-0.05, 0) is 13.0 Å². The summed E-state index contributed by atoms with van der Waals surface area (Å²) < 4.78 is 6.22. The molecule has 106 valence electrons. The van der Waals surface area contributed by atoms with Crippen molar-refractivity contribution in [3.8, 4) is 0 Å². The van der Waals surface area contributed by atoms with Crippen LogP contribution in [0.1, 0.15) is 22.8 Å². The number of nitrogens with zero attached hydrogens (tertiary/aromatic N) is 2. The van der Waals surface area contributed by atoms with Crippen molar-refractivity contribution in [2.24, 2.45) is 0 Å². The Bertz CT molecular complexity index is 556. The third-order valence-corrected chi connectivity index (χ3v) is 4.57. The lowest BCUT2D eigenvalue weighted by Crippen LogP contribution is -2.60. The fourth-order valence-electron chi connectivity index (χ4n) is 3.69. The molecule has 0 saturated carbocycles. The van der Waals surface area contributed by atoms with Gasteiger partial charge in [-0.2, -0.15) is 0 Å². The number of carbonyl (C=O) groups is 1. The number of fused-ring (bicyclic) bond motifs is 3. The van der Waals surface area contributed by atoms with Crippen molar-refractivity contribution < 1.29 is 9.53 Å². The molecule has 0 bridgehead atoms. The van der Waals surface area contributed by atoms with Crippen LogP contribution in [0, 0.1) is 0 Å². The van der Waals surface area contributed by atoms with Gasteiger partial charge < -0.3 is 10.1 Å². The molecule has 0 aromatic heterocycles. The summed E-state index contributed by atoms with van der Waals surface area (Å²) in [6.45, 7) is 6.32. The summed E-state index contributed by atoms with van der Waals surface area (Å²) in [7, 11) is 0. The van der Waals surface area contributed by atoms with Gasteiger partial charge in [0.25, 0.3) is 5.91 Å². The molecule has 2 fully saturated rings. The minimum absolute atomic E-state index is 0.101. The number of nitrogens with one attached hydrogen (secondary N) is 1. The number of benzene rings is 1. The van der Waals surface area contributed by atoms with Crippen LogP contribution in [0.15, 0.2) is 24.3 Å². The molecule has 0 aliphatic carbocycles. The molecule has 1 aromatic carbocycles. The van der Waals surface area contributed by atoms with Crippen LogP contribution in [0.25, 0.3) is 0 Å². The molecule has 1 unspecified atom stereocenters. The lowest BCUT2D eigenvalue weighted by atomic mass is 10.1. The molecule has 5 heteroatoms. The van der Waals surface area contributed by atoms with Gasteiger partial charge in [0.2, 0.25) is 5.85 Å². The summed E-state index contributed by atoms with van der Waals surface area (Å²) in [4.78, 5) is 17.0. The van der Waals surface area contributed by atoms with E-state index in [1.54, 1.807) is 0 Å². The van der Waals surface area contributed by atoms with Crippen LogP contribution in [-0.4, -0.2) is 54.5 Å².